The average molecular weight is 343 g/mol. The van der Waals surface area contributed by atoms with Gasteiger partial charge in [-0.2, -0.15) is 13.2 Å². The summed E-state index contributed by atoms with van der Waals surface area (Å²) < 4.78 is 38.0. The van der Waals surface area contributed by atoms with Crippen LogP contribution in [-0.2, 0) is 6.18 Å². The molecular weight excluding hydrogens is 333 g/mol. The van der Waals surface area contributed by atoms with Gasteiger partial charge in [-0.1, -0.05) is 23.7 Å². The lowest BCUT2D eigenvalue weighted by atomic mass is 10.2. The van der Waals surface area contributed by atoms with Gasteiger partial charge in [0.05, 0.1) is 16.3 Å². The van der Waals surface area contributed by atoms with Crippen LogP contribution >= 0.6 is 11.6 Å². The van der Waals surface area contributed by atoms with E-state index in [0.717, 1.165) is 18.2 Å². The molecule has 0 bridgehead atoms. The number of alkyl halides is 3. The van der Waals surface area contributed by atoms with Crippen LogP contribution in [0.15, 0.2) is 42.5 Å². The smallest absolute Gasteiger partial charge is 0.308 e. The number of aldehydes is 1. The lowest BCUT2D eigenvalue weighted by Gasteiger charge is -2.12. The minimum atomic E-state index is -4.55. The number of nitrogens with one attached hydrogen (secondary N) is 2. The van der Waals surface area contributed by atoms with Gasteiger partial charge in [0.15, 0.2) is 0 Å². The van der Waals surface area contributed by atoms with Crippen LogP contribution < -0.4 is 10.6 Å². The molecule has 23 heavy (non-hydrogen) atoms. The highest BCUT2D eigenvalue weighted by atomic mass is 35.5. The molecule has 2 aromatic carbocycles. The van der Waals surface area contributed by atoms with Gasteiger partial charge in [0, 0.05) is 11.3 Å². The predicted octanol–water partition coefficient (Wildman–Crippen LogP) is 4.82. The maximum absolute atomic E-state index is 12.7. The molecule has 0 aliphatic rings. The second-order valence-electron chi connectivity index (χ2n) is 4.51. The van der Waals surface area contributed by atoms with E-state index < -0.39 is 17.8 Å². The van der Waals surface area contributed by atoms with Gasteiger partial charge in [-0.25, -0.2) is 4.79 Å². The summed E-state index contributed by atoms with van der Waals surface area (Å²) in [5.74, 6) is 0. The number of carbonyl (C=O) groups excluding carboxylic acids is 2. The molecule has 0 saturated heterocycles. The second kappa shape index (κ2) is 6.70. The van der Waals surface area contributed by atoms with Gasteiger partial charge < -0.3 is 10.6 Å². The van der Waals surface area contributed by atoms with Gasteiger partial charge in [0.25, 0.3) is 0 Å². The summed E-state index contributed by atoms with van der Waals surface area (Å²) in [5, 5.41) is 4.61. The maximum Gasteiger partial charge on any atom is 0.416 e. The number of rotatable bonds is 3. The van der Waals surface area contributed by atoms with E-state index in [1.165, 1.54) is 12.1 Å². The van der Waals surface area contributed by atoms with Crippen molar-refractivity contribution >= 4 is 35.3 Å². The molecule has 8 heteroatoms. The van der Waals surface area contributed by atoms with Gasteiger partial charge in [0.2, 0.25) is 0 Å². The molecule has 0 heterocycles. The van der Waals surface area contributed by atoms with Gasteiger partial charge in [-0.15, -0.1) is 0 Å². The Kier molecular flexibility index (Phi) is 4.90. The van der Waals surface area contributed by atoms with Crippen LogP contribution in [0.25, 0.3) is 0 Å². The largest absolute Gasteiger partial charge is 0.416 e. The Bertz CT molecular complexity index is 748. The first kappa shape index (κ1) is 16.8. The summed E-state index contributed by atoms with van der Waals surface area (Å²) in [6.45, 7) is 0. The third kappa shape index (κ3) is 4.46. The lowest BCUT2D eigenvalue weighted by Crippen LogP contribution is -2.20. The number of benzene rings is 2. The molecule has 0 aliphatic carbocycles. The normalized spacial score (nSPS) is 11.0. The summed E-state index contributed by atoms with van der Waals surface area (Å²) in [5.41, 5.74) is -0.444. The van der Waals surface area contributed by atoms with Crippen LogP contribution in [0.2, 0.25) is 5.02 Å². The zero-order chi connectivity index (χ0) is 17.0. The molecule has 2 N–H and O–H groups in total. The number of carbonyl (C=O) groups is 2. The van der Waals surface area contributed by atoms with Gasteiger partial charge in [-0.3, -0.25) is 4.79 Å². The van der Waals surface area contributed by atoms with E-state index in [2.05, 4.69) is 10.6 Å². The van der Waals surface area contributed by atoms with E-state index in [0.29, 0.717) is 17.5 Å². The van der Waals surface area contributed by atoms with E-state index in [-0.39, 0.29) is 10.7 Å². The highest BCUT2D eigenvalue weighted by Gasteiger charge is 2.31. The van der Waals surface area contributed by atoms with Crippen molar-refractivity contribution < 1.29 is 22.8 Å². The van der Waals surface area contributed by atoms with E-state index in [9.17, 15) is 22.8 Å². The molecule has 0 aliphatic heterocycles. The zero-order valence-corrected chi connectivity index (χ0v) is 12.2. The van der Waals surface area contributed by atoms with Crippen LogP contribution in [0.1, 0.15) is 15.9 Å². The fourth-order valence-corrected chi connectivity index (χ4v) is 1.94. The predicted molar refractivity (Wildman–Crippen MR) is 80.9 cm³/mol. The van der Waals surface area contributed by atoms with Crippen molar-refractivity contribution in [2.24, 2.45) is 0 Å². The Morgan fingerprint density at radius 2 is 1.83 bits per heavy atom. The summed E-state index contributed by atoms with van der Waals surface area (Å²) >= 11 is 5.78. The first-order valence-corrected chi connectivity index (χ1v) is 6.67. The van der Waals surface area contributed by atoms with Gasteiger partial charge in [0.1, 0.15) is 6.29 Å². The Balaban J connectivity index is 2.15. The molecule has 2 rings (SSSR count). The van der Waals surface area contributed by atoms with Crippen LogP contribution in [-0.4, -0.2) is 12.3 Å². The third-order valence-corrected chi connectivity index (χ3v) is 3.15. The molecule has 2 amide bonds. The molecular formula is C15H10ClF3N2O2. The summed E-state index contributed by atoms with van der Waals surface area (Å²) in [6.07, 6.45) is -3.94. The van der Waals surface area contributed by atoms with E-state index >= 15 is 0 Å². The molecule has 120 valence electrons. The molecule has 4 nitrogen and oxygen atoms in total. The quantitative estimate of drug-likeness (QED) is 0.786. The molecule has 0 atom stereocenters. The zero-order valence-electron chi connectivity index (χ0n) is 11.4. The number of urea groups is 1. The number of hydrogen-bond donors (Lipinski definition) is 2. The fraction of sp³-hybridized carbons (Fsp3) is 0.0667. The summed E-state index contributed by atoms with van der Waals surface area (Å²) in [6, 6.07) is 7.86. The van der Waals surface area contributed by atoms with E-state index in [1.54, 1.807) is 12.1 Å². The molecule has 0 unspecified atom stereocenters. The van der Waals surface area contributed by atoms with Crippen LogP contribution in [0.4, 0.5) is 29.3 Å². The lowest BCUT2D eigenvalue weighted by molar-refractivity contribution is -0.137. The molecule has 0 radical (unpaired) electrons. The monoisotopic (exact) mass is 342 g/mol. The Morgan fingerprint density at radius 3 is 2.48 bits per heavy atom. The first-order chi connectivity index (χ1) is 10.8. The van der Waals surface area contributed by atoms with Crippen molar-refractivity contribution in [1.82, 2.24) is 0 Å². The van der Waals surface area contributed by atoms with Crippen molar-refractivity contribution in [2.45, 2.75) is 6.18 Å². The van der Waals surface area contributed by atoms with E-state index in [4.69, 9.17) is 11.6 Å². The van der Waals surface area contributed by atoms with Gasteiger partial charge in [-0.05, 0) is 30.3 Å². The number of amides is 2. The first-order valence-electron chi connectivity index (χ1n) is 6.29. The number of hydrogen-bond acceptors (Lipinski definition) is 2. The average Bonchev–Trinajstić information content (AvgIpc) is 2.48. The van der Waals surface area contributed by atoms with Crippen LogP contribution in [0, 0.1) is 0 Å². The minimum Gasteiger partial charge on any atom is -0.308 e. The maximum atomic E-state index is 12.7. The molecule has 0 saturated carbocycles. The molecule has 2 aromatic rings. The minimum absolute atomic E-state index is 0.0326. The van der Waals surface area contributed by atoms with Gasteiger partial charge >= 0.3 is 12.2 Å². The van der Waals surface area contributed by atoms with Crippen LogP contribution in [0.3, 0.4) is 0 Å². The number of anilines is 2. The van der Waals surface area contributed by atoms with Crippen molar-refractivity contribution in [1.29, 1.82) is 0 Å². The topological polar surface area (TPSA) is 58.2 Å². The summed E-state index contributed by atoms with van der Waals surface area (Å²) in [7, 11) is 0. The highest BCUT2D eigenvalue weighted by molar-refractivity contribution is 6.33. The second-order valence-corrected chi connectivity index (χ2v) is 4.92. The van der Waals surface area contributed by atoms with Crippen molar-refractivity contribution in [3.05, 3.63) is 58.6 Å². The Morgan fingerprint density at radius 1 is 1.09 bits per heavy atom. The molecule has 0 spiro atoms. The SMILES string of the molecule is O=Cc1cccc(NC(=O)Nc2cc(C(F)(F)F)ccc2Cl)c1. The fourth-order valence-electron chi connectivity index (χ4n) is 1.77. The van der Waals surface area contributed by atoms with Crippen LogP contribution in [0.5, 0.6) is 0 Å². The number of halogens is 4. The van der Waals surface area contributed by atoms with E-state index in [1.807, 2.05) is 0 Å². The van der Waals surface area contributed by atoms with Crippen molar-refractivity contribution in [3.8, 4) is 0 Å². The molecule has 0 fully saturated rings. The Hall–Kier alpha value is -2.54. The third-order valence-electron chi connectivity index (χ3n) is 2.82. The van der Waals surface area contributed by atoms with Crippen molar-refractivity contribution in [3.63, 3.8) is 0 Å². The summed E-state index contributed by atoms with van der Waals surface area (Å²) in [4.78, 5) is 22.5. The molecule has 0 aromatic heterocycles. The Labute approximate surface area is 134 Å². The van der Waals surface area contributed by atoms with Crippen molar-refractivity contribution in [2.75, 3.05) is 10.6 Å². The standard InChI is InChI=1S/C15H10ClF3N2O2/c16-12-5-4-10(15(17,18)19)7-13(12)21-14(23)20-11-3-1-2-9(6-11)8-22/h1-8H,(H2,20,21,23). The highest BCUT2D eigenvalue weighted by Crippen LogP contribution is 2.33.